The van der Waals surface area contributed by atoms with Crippen LogP contribution in [0.2, 0.25) is 0 Å². The smallest absolute Gasteiger partial charge is 0.291 e. The van der Waals surface area contributed by atoms with Gasteiger partial charge in [-0.05, 0) is 12.8 Å². The Bertz CT molecular complexity index is 151. The third-order valence-corrected chi connectivity index (χ3v) is 3.32. The van der Waals surface area contributed by atoms with Gasteiger partial charge in [0.05, 0.1) is 6.10 Å². The first-order valence-corrected chi connectivity index (χ1v) is 7.56. The Morgan fingerprint density at radius 1 is 0.875 bits per heavy atom. The number of hydrogen-bond acceptors (Lipinski definition) is 2. The minimum atomic E-state index is -0.158. The molecule has 1 atom stereocenters. The molecule has 0 aromatic carbocycles. The van der Waals surface area contributed by atoms with Gasteiger partial charge in [-0.3, -0.25) is 4.52 Å². The van der Waals surface area contributed by atoms with Gasteiger partial charge in [-0.2, -0.15) is 0 Å². The number of unbranched alkanes of at least 4 members (excludes halogenated alkanes) is 6. The van der Waals surface area contributed by atoms with Crippen molar-refractivity contribution in [3.63, 3.8) is 0 Å². The van der Waals surface area contributed by atoms with Crippen molar-refractivity contribution in [1.82, 2.24) is 0 Å². The Morgan fingerprint density at radius 2 is 1.50 bits per heavy atom. The third-order valence-electron chi connectivity index (χ3n) is 2.93. The molecule has 16 heavy (non-hydrogen) atoms. The van der Waals surface area contributed by atoms with Crippen molar-refractivity contribution >= 4 is 8.69 Å². The monoisotopic (exact) mass is 246 g/mol. The van der Waals surface area contributed by atoms with Crippen LogP contribution in [0.25, 0.3) is 0 Å². The lowest BCUT2D eigenvalue weighted by Gasteiger charge is -2.11. The molecule has 0 aromatic heterocycles. The summed E-state index contributed by atoms with van der Waals surface area (Å²) in [6, 6.07) is 0. The molecular formula is C13H27O2P. The largest absolute Gasteiger partial charge is 0.327 e. The Hall–Kier alpha value is 0.0600. The lowest BCUT2D eigenvalue weighted by Crippen LogP contribution is -2.06. The summed E-state index contributed by atoms with van der Waals surface area (Å²) in [5, 5.41) is 0. The van der Waals surface area contributed by atoms with Gasteiger partial charge in [0.2, 0.25) is 0 Å². The zero-order valence-electron chi connectivity index (χ0n) is 10.9. The molecule has 0 saturated heterocycles. The summed E-state index contributed by atoms with van der Waals surface area (Å²) >= 11 is 0. The summed E-state index contributed by atoms with van der Waals surface area (Å²) in [5.41, 5.74) is 0. The maximum atomic E-state index is 10.4. The molecule has 96 valence electrons. The van der Waals surface area contributed by atoms with Crippen molar-refractivity contribution in [2.24, 2.45) is 0 Å². The zero-order valence-corrected chi connectivity index (χ0v) is 11.8. The molecule has 0 N–H and O–H groups in total. The van der Waals surface area contributed by atoms with E-state index in [0.717, 1.165) is 19.3 Å². The van der Waals surface area contributed by atoms with Crippen LogP contribution in [0.15, 0.2) is 0 Å². The van der Waals surface area contributed by atoms with Crippen molar-refractivity contribution in [1.29, 1.82) is 0 Å². The molecule has 0 aromatic rings. The second-order valence-corrected chi connectivity index (χ2v) is 4.86. The summed E-state index contributed by atoms with van der Waals surface area (Å²) in [6.07, 6.45) is 12.7. The number of rotatable bonds is 12. The van der Waals surface area contributed by atoms with Crippen LogP contribution in [-0.4, -0.2) is 6.10 Å². The maximum absolute atomic E-state index is 10.4. The van der Waals surface area contributed by atoms with E-state index in [-0.39, 0.29) is 14.8 Å². The Balaban J connectivity index is 3.29. The zero-order chi connectivity index (χ0) is 12.1. The second-order valence-electron chi connectivity index (χ2n) is 4.50. The van der Waals surface area contributed by atoms with E-state index in [1.807, 2.05) is 0 Å². The summed E-state index contributed by atoms with van der Waals surface area (Å²) in [6.45, 7) is 4.39. The summed E-state index contributed by atoms with van der Waals surface area (Å²) in [4.78, 5) is 0. The van der Waals surface area contributed by atoms with Crippen LogP contribution >= 0.6 is 8.69 Å². The van der Waals surface area contributed by atoms with Crippen LogP contribution in [0.4, 0.5) is 0 Å². The maximum Gasteiger partial charge on any atom is 0.327 e. The molecule has 0 amide bonds. The molecule has 0 spiro atoms. The van der Waals surface area contributed by atoms with Gasteiger partial charge in [-0.15, -0.1) is 0 Å². The molecule has 0 bridgehead atoms. The van der Waals surface area contributed by atoms with Crippen molar-refractivity contribution in [2.75, 3.05) is 0 Å². The fourth-order valence-electron chi connectivity index (χ4n) is 1.96. The molecule has 0 fully saturated rings. The van der Waals surface area contributed by atoms with Gasteiger partial charge in [-0.25, -0.2) is 4.57 Å². The lowest BCUT2D eigenvalue weighted by atomic mass is 10.0. The highest BCUT2D eigenvalue weighted by Gasteiger charge is 2.07. The molecule has 0 aliphatic heterocycles. The molecular weight excluding hydrogens is 219 g/mol. The van der Waals surface area contributed by atoms with E-state index in [0.29, 0.717) is 0 Å². The highest BCUT2D eigenvalue weighted by atomic mass is 31.1. The molecule has 0 heterocycles. The summed E-state index contributed by atoms with van der Waals surface area (Å²) in [5.74, 6) is 0. The predicted molar refractivity (Wildman–Crippen MR) is 70.0 cm³/mol. The summed E-state index contributed by atoms with van der Waals surface area (Å²) in [7, 11) is -0.158. The Morgan fingerprint density at radius 3 is 2.06 bits per heavy atom. The van der Waals surface area contributed by atoms with Gasteiger partial charge in [0.25, 0.3) is 0 Å². The van der Waals surface area contributed by atoms with Crippen LogP contribution in [0.5, 0.6) is 0 Å². The van der Waals surface area contributed by atoms with E-state index < -0.39 is 0 Å². The Kier molecular flexibility index (Phi) is 13.2. The van der Waals surface area contributed by atoms with Crippen molar-refractivity contribution in [2.45, 2.75) is 84.2 Å². The first kappa shape index (κ1) is 16.1. The number of hydrogen-bond donors (Lipinski definition) is 0. The average Bonchev–Trinajstić information content (AvgIpc) is 2.28. The van der Waals surface area contributed by atoms with Crippen molar-refractivity contribution in [3.8, 4) is 0 Å². The van der Waals surface area contributed by atoms with Crippen LogP contribution in [0.1, 0.15) is 78.1 Å². The highest BCUT2D eigenvalue weighted by Crippen LogP contribution is 2.17. The predicted octanol–water partition coefficient (Wildman–Crippen LogP) is 5.52. The fourth-order valence-corrected chi connectivity index (χ4v) is 2.29. The average molecular weight is 246 g/mol. The third kappa shape index (κ3) is 10.6. The van der Waals surface area contributed by atoms with Gasteiger partial charge in [0.1, 0.15) is 0 Å². The second kappa shape index (κ2) is 13.1. The van der Waals surface area contributed by atoms with Crippen molar-refractivity contribution in [3.05, 3.63) is 0 Å². The van der Waals surface area contributed by atoms with E-state index >= 15 is 0 Å². The molecule has 0 saturated carbocycles. The first-order chi connectivity index (χ1) is 7.85. The molecule has 0 aliphatic carbocycles. The highest BCUT2D eigenvalue weighted by molar-refractivity contribution is 7.17. The minimum Gasteiger partial charge on any atom is -0.291 e. The van der Waals surface area contributed by atoms with Gasteiger partial charge in [-0.1, -0.05) is 65.2 Å². The van der Waals surface area contributed by atoms with Crippen molar-refractivity contribution < 1.29 is 9.09 Å². The van der Waals surface area contributed by atoms with Gasteiger partial charge >= 0.3 is 8.69 Å². The summed E-state index contributed by atoms with van der Waals surface area (Å²) < 4.78 is 15.5. The lowest BCUT2D eigenvalue weighted by molar-refractivity contribution is 0.195. The topological polar surface area (TPSA) is 26.3 Å². The quantitative estimate of drug-likeness (QED) is 0.335. The van der Waals surface area contributed by atoms with E-state index in [9.17, 15) is 4.57 Å². The van der Waals surface area contributed by atoms with E-state index in [1.54, 1.807) is 0 Å². The van der Waals surface area contributed by atoms with Gasteiger partial charge < -0.3 is 0 Å². The first-order valence-electron chi connectivity index (χ1n) is 6.83. The molecule has 0 rings (SSSR count). The van der Waals surface area contributed by atoms with Crippen LogP contribution in [-0.2, 0) is 9.09 Å². The molecule has 0 radical (unpaired) electrons. The normalized spacial score (nSPS) is 13.1. The SMILES string of the molecule is CCCCCCCCCC(CCC)OP=O. The van der Waals surface area contributed by atoms with Crippen LogP contribution < -0.4 is 0 Å². The minimum absolute atomic E-state index is 0.158. The van der Waals surface area contributed by atoms with E-state index in [1.165, 1.54) is 44.9 Å². The van der Waals surface area contributed by atoms with E-state index in [4.69, 9.17) is 4.52 Å². The molecule has 1 unspecified atom stereocenters. The van der Waals surface area contributed by atoms with Gasteiger partial charge in [0, 0.05) is 0 Å². The standard InChI is InChI=1S/C13H27O2P/c1-3-5-6-7-8-9-10-12-13(11-4-2)15-16-14/h13H,3-12H2,1-2H3. The van der Waals surface area contributed by atoms with Crippen LogP contribution in [0.3, 0.4) is 0 Å². The molecule has 2 nitrogen and oxygen atoms in total. The van der Waals surface area contributed by atoms with E-state index in [2.05, 4.69) is 13.8 Å². The van der Waals surface area contributed by atoms with Gasteiger partial charge in [0.15, 0.2) is 0 Å². The fraction of sp³-hybridized carbons (Fsp3) is 1.00. The molecule has 3 heteroatoms. The van der Waals surface area contributed by atoms with Crippen LogP contribution in [0, 0.1) is 0 Å². The Labute approximate surface area is 102 Å². The molecule has 0 aliphatic rings.